The molecule has 2 heteroatoms. The lowest BCUT2D eigenvalue weighted by Gasteiger charge is -2.03. The van der Waals surface area contributed by atoms with E-state index in [1.807, 2.05) is 18.3 Å². The normalized spacial score (nSPS) is 10.8. The number of hydrazone groups is 1. The summed E-state index contributed by atoms with van der Waals surface area (Å²) in [5.41, 5.74) is 8.91. The second-order valence-corrected chi connectivity index (χ2v) is 4.60. The fourth-order valence-corrected chi connectivity index (χ4v) is 1.70. The van der Waals surface area contributed by atoms with Crippen molar-refractivity contribution in [2.75, 3.05) is 5.43 Å². The zero-order chi connectivity index (χ0) is 13.0. The van der Waals surface area contributed by atoms with Crippen LogP contribution in [0.4, 0.5) is 5.69 Å². The molecule has 0 spiro atoms. The summed E-state index contributed by atoms with van der Waals surface area (Å²) in [7, 11) is 0. The average molecular weight is 238 g/mol. The van der Waals surface area contributed by atoms with Crippen molar-refractivity contribution < 1.29 is 0 Å². The molecule has 0 saturated carbocycles. The summed E-state index contributed by atoms with van der Waals surface area (Å²) in [5, 5.41) is 4.27. The van der Waals surface area contributed by atoms with Gasteiger partial charge in [-0.05, 0) is 44.0 Å². The molecule has 2 aromatic rings. The van der Waals surface area contributed by atoms with E-state index in [1.54, 1.807) is 0 Å². The third-order valence-electron chi connectivity index (χ3n) is 2.88. The van der Waals surface area contributed by atoms with E-state index in [2.05, 4.69) is 61.6 Å². The third-order valence-corrected chi connectivity index (χ3v) is 2.88. The summed E-state index contributed by atoms with van der Waals surface area (Å²) in [6.45, 7) is 6.25. The molecule has 92 valence electrons. The van der Waals surface area contributed by atoms with Crippen LogP contribution >= 0.6 is 0 Å². The number of benzene rings is 2. The molecule has 0 saturated heterocycles. The standard InChI is InChI=1S/C16H18N2/c1-12-5-8-16(9-6-12)18-17-11-15-10-13(2)4-7-14(15)3/h4-11,18H,1-3H3/b17-11+. The minimum absolute atomic E-state index is 1.00. The van der Waals surface area contributed by atoms with Crippen molar-refractivity contribution in [1.82, 2.24) is 0 Å². The topological polar surface area (TPSA) is 24.4 Å². The smallest absolute Gasteiger partial charge is 0.0561 e. The molecule has 0 radical (unpaired) electrons. The predicted octanol–water partition coefficient (Wildman–Crippen LogP) is 4.06. The van der Waals surface area contributed by atoms with Crippen LogP contribution in [0, 0.1) is 20.8 Å². The minimum Gasteiger partial charge on any atom is -0.279 e. The van der Waals surface area contributed by atoms with Crippen LogP contribution in [-0.4, -0.2) is 6.21 Å². The predicted molar refractivity (Wildman–Crippen MR) is 78.3 cm³/mol. The van der Waals surface area contributed by atoms with E-state index in [9.17, 15) is 0 Å². The van der Waals surface area contributed by atoms with Crippen molar-refractivity contribution in [3.8, 4) is 0 Å². The Kier molecular flexibility index (Phi) is 3.78. The lowest BCUT2D eigenvalue weighted by molar-refractivity contribution is 1.32. The number of nitrogens with zero attached hydrogens (tertiary/aromatic N) is 1. The number of aryl methyl sites for hydroxylation is 3. The summed E-state index contributed by atoms with van der Waals surface area (Å²) >= 11 is 0. The van der Waals surface area contributed by atoms with Crippen LogP contribution in [0.5, 0.6) is 0 Å². The Balaban J connectivity index is 2.07. The summed E-state index contributed by atoms with van der Waals surface area (Å²) in [6, 6.07) is 14.5. The van der Waals surface area contributed by atoms with Gasteiger partial charge in [-0.2, -0.15) is 5.10 Å². The Hall–Kier alpha value is -2.09. The third kappa shape index (κ3) is 3.20. The van der Waals surface area contributed by atoms with Gasteiger partial charge in [-0.25, -0.2) is 0 Å². The summed E-state index contributed by atoms with van der Waals surface area (Å²) in [4.78, 5) is 0. The lowest BCUT2D eigenvalue weighted by atomic mass is 10.1. The van der Waals surface area contributed by atoms with Gasteiger partial charge in [-0.3, -0.25) is 5.43 Å². The zero-order valence-electron chi connectivity index (χ0n) is 11.1. The van der Waals surface area contributed by atoms with Crippen LogP contribution in [0.1, 0.15) is 22.3 Å². The van der Waals surface area contributed by atoms with Gasteiger partial charge in [0.15, 0.2) is 0 Å². The molecule has 0 aliphatic heterocycles. The number of anilines is 1. The summed E-state index contributed by atoms with van der Waals surface area (Å²) in [6.07, 6.45) is 1.86. The van der Waals surface area contributed by atoms with E-state index in [4.69, 9.17) is 0 Å². The average Bonchev–Trinajstić information content (AvgIpc) is 2.36. The van der Waals surface area contributed by atoms with Gasteiger partial charge >= 0.3 is 0 Å². The van der Waals surface area contributed by atoms with Crippen molar-refractivity contribution in [3.05, 3.63) is 64.7 Å². The Morgan fingerprint density at radius 2 is 1.56 bits per heavy atom. The van der Waals surface area contributed by atoms with Crippen LogP contribution in [0.15, 0.2) is 47.6 Å². The molecule has 0 unspecified atom stereocenters. The minimum atomic E-state index is 1.00. The van der Waals surface area contributed by atoms with Crippen LogP contribution in [0.3, 0.4) is 0 Å². The first-order valence-corrected chi connectivity index (χ1v) is 6.08. The molecule has 0 fully saturated rings. The summed E-state index contributed by atoms with van der Waals surface area (Å²) in [5.74, 6) is 0. The molecule has 2 aromatic carbocycles. The van der Waals surface area contributed by atoms with Gasteiger partial charge in [-0.1, -0.05) is 41.5 Å². The van der Waals surface area contributed by atoms with E-state index in [-0.39, 0.29) is 0 Å². The zero-order valence-corrected chi connectivity index (χ0v) is 11.1. The molecular formula is C16H18N2. The second-order valence-electron chi connectivity index (χ2n) is 4.60. The van der Waals surface area contributed by atoms with E-state index in [0.29, 0.717) is 0 Å². The Morgan fingerprint density at radius 3 is 2.28 bits per heavy atom. The van der Waals surface area contributed by atoms with Gasteiger partial charge in [0.1, 0.15) is 0 Å². The number of hydrogen-bond donors (Lipinski definition) is 1. The molecule has 0 amide bonds. The molecule has 0 aliphatic carbocycles. The fraction of sp³-hybridized carbons (Fsp3) is 0.188. The van der Waals surface area contributed by atoms with Gasteiger partial charge in [0.2, 0.25) is 0 Å². The molecule has 0 heterocycles. The van der Waals surface area contributed by atoms with Crippen molar-refractivity contribution in [2.24, 2.45) is 5.10 Å². The Labute approximate surface area is 108 Å². The number of rotatable bonds is 3. The van der Waals surface area contributed by atoms with Gasteiger partial charge in [0, 0.05) is 0 Å². The second kappa shape index (κ2) is 5.50. The SMILES string of the molecule is Cc1ccc(N/N=C/c2cc(C)ccc2C)cc1. The van der Waals surface area contributed by atoms with Gasteiger partial charge < -0.3 is 0 Å². The first-order chi connectivity index (χ1) is 8.65. The maximum Gasteiger partial charge on any atom is 0.0561 e. The van der Waals surface area contributed by atoms with Gasteiger partial charge in [-0.15, -0.1) is 0 Å². The van der Waals surface area contributed by atoms with E-state index in [1.165, 1.54) is 16.7 Å². The highest BCUT2D eigenvalue weighted by molar-refractivity contribution is 5.82. The number of nitrogens with one attached hydrogen (secondary N) is 1. The summed E-state index contributed by atoms with van der Waals surface area (Å²) < 4.78 is 0. The van der Waals surface area contributed by atoms with Crippen LogP contribution in [0.2, 0.25) is 0 Å². The molecule has 0 aliphatic rings. The van der Waals surface area contributed by atoms with Gasteiger partial charge in [0.25, 0.3) is 0 Å². The highest BCUT2D eigenvalue weighted by atomic mass is 15.3. The Morgan fingerprint density at radius 1 is 0.889 bits per heavy atom. The van der Waals surface area contributed by atoms with E-state index in [0.717, 1.165) is 11.3 Å². The molecule has 2 nitrogen and oxygen atoms in total. The molecule has 1 N–H and O–H groups in total. The monoisotopic (exact) mass is 238 g/mol. The van der Waals surface area contributed by atoms with Crippen LogP contribution in [0.25, 0.3) is 0 Å². The molecule has 18 heavy (non-hydrogen) atoms. The van der Waals surface area contributed by atoms with Gasteiger partial charge in [0.05, 0.1) is 11.9 Å². The number of hydrogen-bond acceptors (Lipinski definition) is 2. The largest absolute Gasteiger partial charge is 0.279 e. The lowest BCUT2D eigenvalue weighted by Crippen LogP contribution is -1.93. The maximum absolute atomic E-state index is 4.27. The van der Waals surface area contributed by atoms with Crippen molar-refractivity contribution in [1.29, 1.82) is 0 Å². The highest BCUT2D eigenvalue weighted by Gasteiger charge is 1.95. The van der Waals surface area contributed by atoms with Crippen LogP contribution in [-0.2, 0) is 0 Å². The van der Waals surface area contributed by atoms with Crippen molar-refractivity contribution in [3.63, 3.8) is 0 Å². The maximum atomic E-state index is 4.27. The fourth-order valence-electron chi connectivity index (χ4n) is 1.70. The highest BCUT2D eigenvalue weighted by Crippen LogP contribution is 2.10. The van der Waals surface area contributed by atoms with Crippen molar-refractivity contribution in [2.45, 2.75) is 20.8 Å². The van der Waals surface area contributed by atoms with Crippen molar-refractivity contribution >= 4 is 11.9 Å². The van der Waals surface area contributed by atoms with E-state index < -0.39 is 0 Å². The molecule has 2 rings (SSSR count). The quantitative estimate of drug-likeness (QED) is 0.633. The Bertz CT molecular complexity index is 554. The molecular weight excluding hydrogens is 220 g/mol. The molecule has 0 aromatic heterocycles. The first-order valence-electron chi connectivity index (χ1n) is 6.08. The first kappa shape index (κ1) is 12.4. The molecule has 0 bridgehead atoms. The van der Waals surface area contributed by atoms with E-state index >= 15 is 0 Å². The molecule has 0 atom stereocenters. The van der Waals surface area contributed by atoms with Crippen LogP contribution < -0.4 is 5.43 Å².